The predicted octanol–water partition coefficient (Wildman–Crippen LogP) is 0.402. The molecule has 8 heteroatoms. The van der Waals surface area contributed by atoms with Crippen molar-refractivity contribution in [2.75, 3.05) is 14.2 Å². The second-order valence-electron chi connectivity index (χ2n) is 4.00. The van der Waals surface area contributed by atoms with E-state index in [0.717, 1.165) is 0 Å². The number of carbonyl (C=O) groups is 1. The molecular weight excluding hydrogens is 270 g/mol. The average Bonchev–Trinajstić information content (AvgIpc) is 2.39. The van der Waals surface area contributed by atoms with Crippen molar-refractivity contribution in [1.82, 2.24) is 14.8 Å². The van der Waals surface area contributed by atoms with Gasteiger partial charge in [0.25, 0.3) is 15.9 Å². The predicted molar refractivity (Wildman–Crippen MR) is 68.8 cm³/mol. The molecule has 1 aromatic rings. The summed E-state index contributed by atoms with van der Waals surface area (Å²) in [6.07, 6.45) is 1.21. The summed E-state index contributed by atoms with van der Waals surface area (Å²) in [6.45, 7) is 3.60. The molecule has 1 N–H and O–H groups in total. The first-order valence-electron chi connectivity index (χ1n) is 5.60. The molecule has 0 saturated carbocycles. The number of nitrogens with one attached hydrogen (secondary N) is 1. The highest BCUT2D eigenvalue weighted by Gasteiger charge is 2.20. The molecule has 1 rings (SSSR count). The monoisotopic (exact) mass is 287 g/mol. The van der Waals surface area contributed by atoms with Gasteiger partial charge >= 0.3 is 0 Å². The Morgan fingerprint density at radius 1 is 1.42 bits per heavy atom. The molecule has 0 atom stereocenters. The van der Waals surface area contributed by atoms with Crippen LogP contribution in [-0.2, 0) is 14.9 Å². The van der Waals surface area contributed by atoms with Gasteiger partial charge < -0.3 is 0 Å². The fourth-order valence-corrected chi connectivity index (χ4v) is 2.07. The second kappa shape index (κ2) is 6.09. The molecule has 0 bridgehead atoms. The molecule has 1 aromatic heterocycles. The molecule has 0 aliphatic carbocycles. The van der Waals surface area contributed by atoms with Crippen molar-refractivity contribution in [2.45, 2.75) is 24.9 Å². The van der Waals surface area contributed by atoms with E-state index >= 15 is 0 Å². The number of rotatable bonds is 5. The van der Waals surface area contributed by atoms with Gasteiger partial charge in [0.15, 0.2) is 5.03 Å². The lowest BCUT2D eigenvalue weighted by Crippen LogP contribution is -2.36. The van der Waals surface area contributed by atoms with Gasteiger partial charge in [-0.1, -0.05) is 0 Å². The van der Waals surface area contributed by atoms with E-state index in [4.69, 9.17) is 4.84 Å². The van der Waals surface area contributed by atoms with Gasteiger partial charge in [-0.25, -0.2) is 23.2 Å². The maximum absolute atomic E-state index is 12.0. The third-order valence-electron chi connectivity index (χ3n) is 2.39. The number of hydrogen-bond donors (Lipinski definition) is 1. The van der Waals surface area contributed by atoms with Crippen LogP contribution >= 0.6 is 0 Å². The highest BCUT2D eigenvalue weighted by Crippen LogP contribution is 2.10. The summed E-state index contributed by atoms with van der Waals surface area (Å²) in [5.74, 6) is -0.376. The number of hydroxylamine groups is 2. The van der Waals surface area contributed by atoms with Crippen LogP contribution in [0.2, 0.25) is 0 Å². The Morgan fingerprint density at radius 2 is 2.05 bits per heavy atom. The molecule has 0 fully saturated rings. The third kappa shape index (κ3) is 3.49. The lowest BCUT2D eigenvalue weighted by atomic mass is 10.2. The minimum atomic E-state index is -3.60. The van der Waals surface area contributed by atoms with Crippen LogP contribution in [0.25, 0.3) is 0 Å². The van der Waals surface area contributed by atoms with Gasteiger partial charge in [0.1, 0.15) is 0 Å². The molecule has 1 heterocycles. The molecule has 7 nitrogen and oxygen atoms in total. The van der Waals surface area contributed by atoms with E-state index in [2.05, 4.69) is 9.71 Å². The molecule has 1 amide bonds. The first-order valence-corrected chi connectivity index (χ1v) is 7.09. The van der Waals surface area contributed by atoms with Crippen molar-refractivity contribution >= 4 is 15.9 Å². The maximum atomic E-state index is 12.0. The van der Waals surface area contributed by atoms with Crippen LogP contribution < -0.4 is 4.72 Å². The smallest absolute Gasteiger partial charge is 0.274 e. The average molecular weight is 287 g/mol. The summed E-state index contributed by atoms with van der Waals surface area (Å²) in [6, 6.07) is 2.53. The number of carbonyl (C=O) groups excluding carboxylic acids is 1. The number of aromatic nitrogens is 1. The topological polar surface area (TPSA) is 88.6 Å². The minimum Gasteiger partial charge on any atom is -0.274 e. The normalized spacial score (nSPS) is 11.6. The lowest BCUT2D eigenvalue weighted by molar-refractivity contribution is -0.115. The summed E-state index contributed by atoms with van der Waals surface area (Å²) < 4.78 is 25.1. The number of hydrogen-bond acceptors (Lipinski definition) is 5. The minimum absolute atomic E-state index is 0.139. The molecule has 0 unspecified atom stereocenters. The highest BCUT2D eigenvalue weighted by molar-refractivity contribution is 7.89. The summed E-state index contributed by atoms with van der Waals surface area (Å²) in [4.78, 5) is 20.8. The van der Waals surface area contributed by atoms with Crippen molar-refractivity contribution < 1.29 is 18.0 Å². The zero-order valence-electron chi connectivity index (χ0n) is 11.2. The molecule has 0 radical (unpaired) electrons. The first-order chi connectivity index (χ1) is 8.83. The molecule has 0 saturated heterocycles. The summed E-state index contributed by atoms with van der Waals surface area (Å²) in [5, 5.41) is 1.04. The van der Waals surface area contributed by atoms with Crippen molar-refractivity contribution in [3.8, 4) is 0 Å². The third-order valence-corrected chi connectivity index (χ3v) is 3.72. The van der Waals surface area contributed by atoms with E-state index in [1.165, 1.54) is 37.6 Å². The lowest BCUT2D eigenvalue weighted by Gasteiger charge is -2.23. The Balaban J connectivity index is 3.03. The molecule has 0 spiro atoms. The highest BCUT2D eigenvalue weighted by atomic mass is 32.2. The number of pyridine rings is 1. The maximum Gasteiger partial charge on any atom is 0.279 e. The summed E-state index contributed by atoms with van der Waals surface area (Å²) in [7, 11) is -0.913. The Labute approximate surface area is 112 Å². The number of sulfonamides is 1. The fourth-order valence-electron chi connectivity index (χ4n) is 1.43. The molecule has 0 aliphatic heterocycles. The van der Waals surface area contributed by atoms with Crippen LogP contribution in [0.1, 0.15) is 24.2 Å². The standard InChI is InChI=1S/C11H17N3O4S/c1-8(2)14(18-4)11(15)9-5-6-10(13-7-9)19(16,17)12-3/h5-8,12H,1-4H3. The van der Waals surface area contributed by atoms with Crippen LogP contribution in [0.3, 0.4) is 0 Å². The zero-order valence-corrected chi connectivity index (χ0v) is 12.1. The fraction of sp³-hybridized carbons (Fsp3) is 0.455. The Bertz CT molecular complexity index is 540. The molecule has 0 aliphatic rings. The summed E-state index contributed by atoms with van der Waals surface area (Å²) >= 11 is 0. The van der Waals surface area contributed by atoms with E-state index in [1.807, 2.05) is 0 Å². The van der Waals surface area contributed by atoms with E-state index in [9.17, 15) is 13.2 Å². The van der Waals surface area contributed by atoms with Crippen molar-refractivity contribution in [2.24, 2.45) is 0 Å². The SMILES string of the molecule is CNS(=O)(=O)c1ccc(C(=O)N(OC)C(C)C)cn1. The van der Waals surface area contributed by atoms with E-state index in [0.29, 0.717) is 0 Å². The van der Waals surface area contributed by atoms with Crippen molar-refractivity contribution in [1.29, 1.82) is 0 Å². The van der Waals surface area contributed by atoms with E-state index < -0.39 is 10.0 Å². The number of amides is 1. The molecular formula is C11H17N3O4S. The van der Waals surface area contributed by atoms with E-state index in [-0.39, 0.29) is 22.5 Å². The van der Waals surface area contributed by atoms with Crippen LogP contribution in [0.15, 0.2) is 23.4 Å². The van der Waals surface area contributed by atoms with Gasteiger partial charge in [-0.3, -0.25) is 9.63 Å². The van der Waals surface area contributed by atoms with Gasteiger partial charge in [0.05, 0.1) is 18.7 Å². The summed E-state index contributed by atoms with van der Waals surface area (Å²) in [5.41, 5.74) is 0.255. The van der Waals surface area contributed by atoms with Gasteiger partial charge in [0, 0.05) is 6.20 Å². The van der Waals surface area contributed by atoms with Crippen LogP contribution in [0.4, 0.5) is 0 Å². The molecule has 106 valence electrons. The molecule has 0 aromatic carbocycles. The van der Waals surface area contributed by atoms with Crippen LogP contribution in [-0.4, -0.2) is 44.6 Å². The van der Waals surface area contributed by atoms with Crippen molar-refractivity contribution in [3.63, 3.8) is 0 Å². The van der Waals surface area contributed by atoms with Gasteiger partial charge in [0.2, 0.25) is 0 Å². The quantitative estimate of drug-likeness (QED) is 0.792. The first kappa shape index (κ1) is 15.5. The largest absolute Gasteiger partial charge is 0.279 e. The van der Waals surface area contributed by atoms with Crippen LogP contribution in [0, 0.1) is 0 Å². The Morgan fingerprint density at radius 3 is 2.42 bits per heavy atom. The van der Waals surface area contributed by atoms with Gasteiger partial charge in [-0.15, -0.1) is 0 Å². The molecule has 19 heavy (non-hydrogen) atoms. The zero-order chi connectivity index (χ0) is 14.6. The van der Waals surface area contributed by atoms with Gasteiger partial charge in [-0.2, -0.15) is 0 Å². The van der Waals surface area contributed by atoms with Crippen molar-refractivity contribution in [3.05, 3.63) is 23.9 Å². The van der Waals surface area contributed by atoms with Gasteiger partial charge in [-0.05, 0) is 33.0 Å². The second-order valence-corrected chi connectivity index (χ2v) is 5.83. The van der Waals surface area contributed by atoms with Crippen LogP contribution in [0.5, 0.6) is 0 Å². The number of nitrogens with zero attached hydrogens (tertiary/aromatic N) is 2. The van der Waals surface area contributed by atoms with E-state index in [1.54, 1.807) is 13.8 Å². The Hall–Kier alpha value is -1.51. The Kier molecular flexibility index (Phi) is 4.98.